The third-order valence-electron chi connectivity index (χ3n) is 4.75. The Morgan fingerprint density at radius 2 is 1.91 bits per heavy atom. The molecule has 0 saturated carbocycles. The Morgan fingerprint density at radius 1 is 1.23 bits per heavy atom. The van der Waals surface area contributed by atoms with Gasteiger partial charge in [0.25, 0.3) is 11.8 Å². The summed E-state index contributed by atoms with van der Waals surface area (Å²) >= 11 is 0. The lowest BCUT2D eigenvalue weighted by Gasteiger charge is -2.41. The van der Waals surface area contributed by atoms with Gasteiger partial charge in [0.15, 0.2) is 0 Å². The van der Waals surface area contributed by atoms with E-state index in [1.165, 1.54) is 0 Å². The number of carbonyl (C=O) groups is 2. The first-order valence-electron chi connectivity index (χ1n) is 7.39. The molecule has 1 heterocycles. The Morgan fingerprint density at radius 3 is 2.59 bits per heavy atom. The van der Waals surface area contributed by atoms with Crippen LogP contribution >= 0.6 is 0 Å². The Hall–Kier alpha value is -2.62. The predicted octanol–water partition coefficient (Wildman–Crippen LogP) is 2.28. The van der Waals surface area contributed by atoms with Gasteiger partial charge in [-0.25, -0.2) is 0 Å². The molecule has 1 aromatic carbocycles. The Labute approximate surface area is 128 Å². The van der Waals surface area contributed by atoms with E-state index in [0.717, 1.165) is 12.0 Å². The van der Waals surface area contributed by atoms with E-state index in [4.69, 9.17) is 0 Å². The van der Waals surface area contributed by atoms with E-state index in [2.05, 4.69) is 17.5 Å². The number of likely N-dealkylation sites (N-methyl/N-ethyl adjacent to an activating group) is 1. The summed E-state index contributed by atoms with van der Waals surface area (Å²) < 4.78 is 0. The summed E-state index contributed by atoms with van der Waals surface area (Å²) in [5.41, 5.74) is 1.38. The van der Waals surface area contributed by atoms with Crippen LogP contribution in [0.15, 0.2) is 65.8 Å². The number of carbonyl (C=O) groups excluding carboxylic acids is 2. The molecule has 0 fully saturated rings. The largest absolute Gasteiger partial charge is 0.325 e. The average molecular weight is 292 g/mol. The Balaban J connectivity index is 1.75. The maximum atomic E-state index is 12.6. The quantitative estimate of drug-likeness (QED) is 0.671. The molecule has 22 heavy (non-hydrogen) atoms. The van der Waals surface area contributed by atoms with E-state index in [1.807, 2.05) is 42.5 Å². The number of hydrogen-bond donors (Lipinski definition) is 1. The molecule has 2 bridgehead atoms. The van der Waals surface area contributed by atoms with Crippen molar-refractivity contribution in [3.05, 3.63) is 65.8 Å². The predicted molar refractivity (Wildman–Crippen MR) is 84.0 cm³/mol. The number of rotatable bonds is 2. The zero-order valence-electron chi connectivity index (χ0n) is 12.2. The lowest BCUT2D eigenvalue weighted by Crippen LogP contribution is -2.46. The molecule has 0 aromatic heterocycles. The number of hydrogen-bond acceptors (Lipinski definition) is 2. The van der Waals surface area contributed by atoms with Crippen molar-refractivity contribution in [2.45, 2.75) is 12.0 Å². The van der Waals surface area contributed by atoms with Gasteiger partial charge >= 0.3 is 0 Å². The first-order chi connectivity index (χ1) is 10.6. The number of nitrogens with one attached hydrogen (secondary N) is 1. The molecule has 1 spiro atoms. The minimum Gasteiger partial charge on any atom is -0.325 e. The van der Waals surface area contributed by atoms with Gasteiger partial charge in [-0.3, -0.25) is 9.59 Å². The molecule has 1 aromatic rings. The molecule has 2 amide bonds. The van der Waals surface area contributed by atoms with Gasteiger partial charge in [-0.1, -0.05) is 42.5 Å². The molecule has 1 aliphatic heterocycles. The van der Waals surface area contributed by atoms with Crippen molar-refractivity contribution in [1.29, 1.82) is 0 Å². The average Bonchev–Trinajstić information content (AvgIpc) is 2.77. The van der Waals surface area contributed by atoms with Crippen LogP contribution in [0.3, 0.4) is 0 Å². The second kappa shape index (κ2) is 4.44. The maximum absolute atomic E-state index is 12.6. The highest BCUT2D eigenvalue weighted by molar-refractivity contribution is 6.25. The van der Waals surface area contributed by atoms with Gasteiger partial charge in [0, 0.05) is 12.7 Å². The fourth-order valence-electron chi connectivity index (χ4n) is 3.54. The molecule has 0 radical (unpaired) electrons. The van der Waals surface area contributed by atoms with E-state index in [-0.39, 0.29) is 17.7 Å². The van der Waals surface area contributed by atoms with Gasteiger partial charge in [0.05, 0.1) is 0 Å². The van der Waals surface area contributed by atoms with Crippen LogP contribution in [0.1, 0.15) is 6.42 Å². The number of amides is 2. The summed E-state index contributed by atoms with van der Waals surface area (Å²) in [6.45, 7) is 0. The van der Waals surface area contributed by atoms with Gasteiger partial charge in [-0.2, -0.15) is 0 Å². The van der Waals surface area contributed by atoms with Crippen molar-refractivity contribution in [2.75, 3.05) is 12.4 Å². The van der Waals surface area contributed by atoms with Gasteiger partial charge in [0.1, 0.15) is 11.1 Å². The summed E-state index contributed by atoms with van der Waals surface area (Å²) in [4.78, 5) is 26.9. The fraction of sp³-hybridized carbons (Fsp3) is 0.222. The highest BCUT2D eigenvalue weighted by atomic mass is 16.2. The Bertz CT molecular complexity index is 745. The normalized spacial score (nSPS) is 28.3. The summed E-state index contributed by atoms with van der Waals surface area (Å²) in [5.74, 6) is -0.236. The molecule has 4 nitrogen and oxygen atoms in total. The van der Waals surface area contributed by atoms with Crippen molar-refractivity contribution in [3.63, 3.8) is 0 Å². The smallest absolute Gasteiger partial charge is 0.261 e. The van der Waals surface area contributed by atoms with Crippen molar-refractivity contribution in [1.82, 2.24) is 4.90 Å². The summed E-state index contributed by atoms with van der Waals surface area (Å²) in [6.07, 6.45) is 9.05. The molecule has 4 heteroatoms. The monoisotopic (exact) mass is 292 g/mol. The van der Waals surface area contributed by atoms with Crippen molar-refractivity contribution >= 4 is 17.5 Å². The molecule has 0 saturated heterocycles. The first-order valence-corrected chi connectivity index (χ1v) is 7.39. The van der Waals surface area contributed by atoms with Crippen LogP contribution in [0.2, 0.25) is 0 Å². The minimum atomic E-state index is -0.533. The van der Waals surface area contributed by atoms with Crippen LogP contribution in [0.5, 0.6) is 0 Å². The second-order valence-corrected chi connectivity index (χ2v) is 5.95. The maximum Gasteiger partial charge on any atom is 0.261 e. The zero-order chi connectivity index (χ0) is 15.3. The topological polar surface area (TPSA) is 49.4 Å². The van der Waals surface area contributed by atoms with E-state index >= 15 is 0 Å². The SMILES string of the molecule is CN1C(=O)C(C(=O)Nc2ccccc2)=C2CC3C=CC21C=C3. The molecular formula is C18H16N2O2. The van der Waals surface area contributed by atoms with Crippen LogP contribution in [0, 0.1) is 5.92 Å². The number of anilines is 1. The van der Waals surface area contributed by atoms with Crippen LogP contribution in [-0.4, -0.2) is 29.3 Å². The molecule has 0 atom stereocenters. The molecular weight excluding hydrogens is 276 g/mol. The summed E-state index contributed by atoms with van der Waals surface area (Å²) in [7, 11) is 1.76. The molecule has 1 N–H and O–H groups in total. The van der Waals surface area contributed by atoms with Crippen LogP contribution in [-0.2, 0) is 9.59 Å². The molecule has 5 rings (SSSR count). The van der Waals surface area contributed by atoms with E-state index in [9.17, 15) is 9.59 Å². The number of benzene rings is 1. The van der Waals surface area contributed by atoms with Crippen molar-refractivity contribution < 1.29 is 9.59 Å². The van der Waals surface area contributed by atoms with Gasteiger partial charge in [-0.15, -0.1) is 0 Å². The highest BCUT2D eigenvalue weighted by Gasteiger charge is 2.51. The lowest BCUT2D eigenvalue weighted by molar-refractivity contribution is -0.128. The molecule has 4 aliphatic rings. The van der Waals surface area contributed by atoms with Crippen molar-refractivity contribution in [3.8, 4) is 0 Å². The van der Waals surface area contributed by atoms with Crippen molar-refractivity contribution in [2.24, 2.45) is 5.92 Å². The van der Waals surface area contributed by atoms with E-state index in [1.54, 1.807) is 11.9 Å². The van der Waals surface area contributed by atoms with Gasteiger partial charge in [-0.05, 0) is 30.0 Å². The van der Waals surface area contributed by atoms with Gasteiger partial charge in [0.2, 0.25) is 0 Å². The third-order valence-corrected chi connectivity index (χ3v) is 4.75. The molecule has 3 aliphatic carbocycles. The number of para-hydroxylation sites is 1. The third kappa shape index (κ3) is 1.64. The molecule has 0 unspecified atom stereocenters. The Kier molecular flexibility index (Phi) is 2.64. The summed E-state index contributed by atoms with van der Waals surface area (Å²) in [6, 6.07) is 9.22. The molecule has 110 valence electrons. The highest BCUT2D eigenvalue weighted by Crippen LogP contribution is 2.47. The van der Waals surface area contributed by atoms with Crippen LogP contribution in [0.4, 0.5) is 5.69 Å². The van der Waals surface area contributed by atoms with E-state index < -0.39 is 5.54 Å². The van der Waals surface area contributed by atoms with E-state index in [0.29, 0.717) is 11.3 Å². The fourth-order valence-corrected chi connectivity index (χ4v) is 3.54. The number of allylic oxidation sites excluding steroid dienone is 2. The zero-order valence-corrected chi connectivity index (χ0v) is 12.2. The van der Waals surface area contributed by atoms with Crippen LogP contribution in [0.25, 0.3) is 0 Å². The second-order valence-electron chi connectivity index (χ2n) is 5.95. The lowest BCUT2D eigenvalue weighted by atomic mass is 9.72. The van der Waals surface area contributed by atoms with Crippen LogP contribution < -0.4 is 5.32 Å². The number of nitrogens with zero attached hydrogens (tertiary/aromatic N) is 1. The first kappa shape index (κ1) is 13.1. The van der Waals surface area contributed by atoms with Gasteiger partial charge < -0.3 is 10.2 Å². The minimum absolute atomic E-state index is 0.208. The standard InChI is InChI=1S/C18H16N2O2/c1-20-17(22)15(16(21)19-13-5-3-2-4-6-13)14-11-12-7-9-18(14,20)10-8-12/h2-10,12H,11H2,1H3,(H,19,21). The summed E-state index contributed by atoms with van der Waals surface area (Å²) in [5, 5.41) is 2.83.